The molecule has 0 spiro atoms. The molecule has 1 amide bonds. The molecule has 2 N–H and O–H groups in total. The second-order valence-corrected chi connectivity index (χ2v) is 7.34. The summed E-state index contributed by atoms with van der Waals surface area (Å²) in [5.41, 5.74) is 6.41. The van der Waals surface area contributed by atoms with E-state index in [2.05, 4.69) is 0 Å². The molecule has 1 unspecified atom stereocenters. The highest BCUT2D eigenvalue weighted by molar-refractivity contribution is 7.91. The summed E-state index contributed by atoms with van der Waals surface area (Å²) >= 11 is 6.00. The number of carbonyl (C=O) groups is 1. The predicted octanol–water partition coefficient (Wildman–Crippen LogP) is 1.60. The molecule has 20 heavy (non-hydrogen) atoms. The number of anilines is 1. The number of nitrogens with two attached hydrogens (primary N) is 1. The van der Waals surface area contributed by atoms with Gasteiger partial charge in [0.1, 0.15) is 0 Å². The molecule has 1 fully saturated rings. The first-order valence-corrected chi connectivity index (χ1v) is 8.06. The summed E-state index contributed by atoms with van der Waals surface area (Å²) in [6.07, 6.45) is 0. The van der Waals surface area contributed by atoms with Crippen LogP contribution in [0.2, 0.25) is 5.02 Å². The van der Waals surface area contributed by atoms with Crippen molar-refractivity contribution in [3.8, 4) is 0 Å². The predicted molar refractivity (Wildman–Crippen MR) is 82.3 cm³/mol. The van der Waals surface area contributed by atoms with Crippen LogP contribution < -0.4 is 5.73 Å². The Labute approximate surface area is 129 Å². The zero-order chi connectivity index (χ0) is 14.2. The standard InChI is InChI=1S/C12H15ClN2O3S.ClH/c1-8-7-19(17,18)5-4-15(8)12(16)10-3-2-9(14)6-11(10)13;/h2-3,6,8H,4-5,7,14H2,1H3;1H. The van der Waals surface area contributed by atoms with Crippen molar-refractivity contribution in [1.82, 2.24) is 4.90 Å². The van der Waals surface area contributed by atoms with Crippen LogP contribution >= 0.6 is 24.0 Å². The second kappa shape index (κ2) is 6.20. The van der Waals surface area contributed by atoms with E-state index in [1.165, 1.54) is 6.07 Å². The molecule has 5 nitrogen and oxygen atoms in total. The zero-order valence-electron chi connectivity index (χ0n) is 10.9. The van der Waals surface area contributed by atoms with E-state index in [0.717, 1.165) is 0 Å². The van der Waals surface area contributed by atoms with Crippen LogP contribution in [0.1, 0.15) is 17.3 Å². The molecular weight excluding hydrogens is 323 g/mol. The maximum absolute atomic E-state index is 12.4. The van der Waals surface area contributed by atoms with Crippen molar-refractivity contribution in [3.05, 3.63) is 28.8 Å². The molecule has 1 aromatic carbocycles. The lowest BCUT2D eigenvalue weighted by atomic mass is 10.1. The van der Waals surface area contributed by atoms with E-state index < -0.39 is 9.84 Å². The van der Waals surface area contributed by atoms with Gasteiger partial charge in [0.15, 0.2) is 9.84 Å². The van der Waals surface area contributed by atoms with Gasteiger partial charge in [-0.2, -0.15) is 0 Å². The summed E-state index contributed by atoms with van der Waals surface area (Å²) in [5.74, 6) is -0.270. The number of amides is 1. The first-order valence-electron chi connectivity index (χ1n) is 5.86. The number of halogens is 2. The van der Waals surface area contributed by atoms with Crippen molar-refractivity contribution in [3.63, 3.8) is 0 Å². The van der Waals surface area contributed by atoms with Gasteiger partial charge in [-0.15, -0.1) is 12.4 Å². The Morgan fingerprint density at radius 3 is 2.65 bits per heavy atom. The summed E-state index contributed by atoms with van der Waals surface area (Å²) < 4.78 is 23.0. The third-order valence-corrected chi connectivity index (χ3v) is 5.26. The number of rotatable bonds is 1. The Morgan fingerprint density at radius 1 is 1.45 bits per heavy atom. The van der Waals surface area contributed by atoms with Gasteiger partial charge in [0.25, 0.3) is 5.91 Å². The monoisotopic (exact) mass is 338 g/mol. The summed E-state index contributed by atoms with van der Waals surface area (Å²) in [7, 11) is -3.04. The molecule has 1 aliphatic heterocycles. The molecule has 1 saturated heterocycles. The van der Waals surface area contributed by atoms with Crippen molar-refractivity contribution < 1.29 is 13.2 Å². The van der Waals surface area contributed by atoms with Gasteiger partial charge in [-0.3, -0.25) is 4.79 Å². The average Bonchev–Trinajstić information content (AvgIpc) is 2.26. The lowest BCUT2D eigenvalue weighted by molar-refractivity contribution is 0.0713. The van der Waals surface area contributed by atoms with Crippen LogP contribution in [0.4, 0.5) is 5.69 Å². The number of hydrogen-bond acceptors (Lipinski definition) is 4. The summed E-state index contributed by atoms with van der Waals surface area (Å²) in [5, 5.41) is 0.283. The lowest BCUT2D eigenvalue weighted by Gasteiger charge is -2.33. The van der Waals surface area contributed by atoms with E-state index in [1.54, 1.807) is 24.0 Å². The van der Waals surface area contributed by atoms with Gasteiger partial charge in [0, 0.05) is 18.3 Å². The molecule has 2 rings (SSSR count). The van der Waals surface area contributed by atoms with E-state index >= 15 is 0 Å². The molecule has 0 saturated carbocycles. The number of sulfone groups is 1. The molecule has 0 aliphatic carbocycles. The third-order valence-electron chi connectivity index (χ3n) is 3.15. The fourth-order valence-corrected chi connectivity index (χ4v) is 3.99. The van der Waals surface area contributed by atoms with E-state index in [9.17, 15) is 13.2 Å². The van der Waals surface area contributed by atoms with E-state index in [4.69, 9.17) is 17.3 Å². The minimum absolute atomic E-state index is 0. The fourth-order valence-electron chi connectivity index (χ4n) is 2.16. The van der Waals surface area contributed by atoms with Gasteiger partial charge in [-0.25, -0.2) is 8.42 Å². The van der Waals surface area contributed by atoms with E-state index in [-0.39, 0.29) is 47.4 Å². The number of nitrogens with zero attached hydrogens (tertiary/aromatic N) is 1. The van der Waals surface area contributed by atoms with Crippen LogP contribution in [0.25, 0.3) is 0 Å². The summed E-state index contributed by atoms with van der Waals surface area (Å²) in [4.78, 5) is 13.9. The van der Waals surface area contributed by atoms with Crippen molar-refractivity contribution >= 4 is 45.4 Å². The Hall–Kier alpha value is -0.980. The van der Waals surface area contributed by atoms with Gasteiger partial charge in [-0.05, 0) is 25.1 Å². The minimum atomic E-state index is -3.04. The molecule has 1 aliphatic rings. The minimum Gasteiger partial charge on any atom is -0.399 e. The highest BCUT2D eigenvalue weighted by Crippen LogP contribution is 2.23. The normalized spacial score (nSPS) is 21.1. The molecule has 1 atom stereocenters. The number of carbonyl (C=O) groups excluding carboxylic acids is 1. The van der Waals surface area contributed by atoms with Gasteiger partial charge >= 0.3 is 0 Å². The van der Waals surface area contributed by atoms with Crippen LogP contribution in [0.3, 0.4) is 0 Å². The molecule has 1 heterocycles. The third kappa shape index (κ3) is 3.56. The maximum Gasteiger partial charge on any atom is 0.255 e. The van der Waals surface area contributed by atoms with Gasteiger partial charge in [0.2, 0.25) is 0 Å². The molecule has 1 aromatic rings. The van der Waals surface area contributed by atoms with E-state index in [0.29, 0.717) is 11.3 Å². The number of hydrogen-bond donors (Lipinski definition) is 1. The topological polar surface area (TPSA) is 80.5 Å². The molecule has 0 bridgehead atoms. The van der Waals surface area contributed by atoms with E-state index in [1.807, 2.05) is 0 Å². The molecule has 0 aromatic heterocycles. The Balaban J connectivity index is 0.00000200. The van der Waals surface area contributed by atoms with Crippen LogP contribution in [-0.4, -0.2) is 43.3 Å². The molecule has 112 valence electrons. The Morgan fingerprint density at radius 2 is 2.10 bits per heavy atom. The summed E-state index contributed by atoms with van der Waals surface area (Å²) in [6.45, 7) is 1.92. The quantitative estimate of drug-likeness (QED) is 0.788. The highest BCUT2D eigenvalue weighted by Gasteiger charge is 2.32. The number of benzene rings is 1. The smallest absolute Gasteiger partial charge is 0.255 e. The van der Waals surface area contributed by atoms with Gasteiger partial charge < -0.3 is 10.6 Å². The summed E-state index contributed by atoms with van der Waals surface area (Å²) in [6, 6.07) is 4.33. The molecular formula is C12H16Cl2N2O3S. The average molecular weight is 339 g/mol. The van der Waals surface area contributed by atoms with Crippen LogP contribution in [0.5, 0.6) is 0 Å². The first-order chi connectivity index (χ1) is 8.80. The van der Waals surface area contributed by atoms with Gasteiger partial charge in [-0.1, -0.05) is 11.6 Å². The number of nitrogen functional groups attached to an aromatic ring is 1. The highest BCUT2D eigenvalue weighted by atomic mass is 35.5. The maximum atomic E-state index is 12.4. The van der Waals surface area contributed by atoms with Crippen molar-refractivity contribution in [2.45, 2.75) is 13.0 Å². The Bertz CT molecular complexity index is 619. The van der Waals surface area contributed by atoms with Crippen LogP contribution in [0, 0.1) is 0 Å². The largest absolute Gasteiger partial charge is 0.399 e. The molecule has 0 radical (unpaired) electrons. The molecule has 8 heteroatoms. The van der Waals surface area contributed by atoms with Crippen LogP contribution in [0.15, 0.2) is 18.2 Å². The van der Waals surface area contributed by atoms with Crippen molar-refractivity contribution in [2.24, 2.45) is 0 Å². The van der Waals surface area contributed by atoms with Gasteiger partial charge in [0.05, 0.1) is 22.1 Å². The lowest BCUT2D eigenvalue weighted by Crippen LogP contribution is -2.49. The zero-order valence-corrected chi connectivity index (χ0v) is 13.3. The first kappa shape index (κ1) is 17.1. The van der Waals surface area contributed by atoms with Crippen molar-refractivity contribution in [1.29, 1.82) is 0 Å². The van der Waals surface area contributed by atoms with Crippen LogP contribution in [-0.2, 0) is 9.84 Å². The Kier molecular flexibility index (Phi) is 5.29. The second-order valence-electron chi connectivity index (χ2n) is 4.70. The fraction of sp³-hybridized carbons (Fsp3) is 0.417. The van der Waals surface area contributed by atoms with Crippen molar-refractivity contribution in [2.75, 3.05) is 23.8 Å². The SMILES string of the molecule is CC1CS(=O)(=O)CCN1C(=O)c1ccc(N)cc1Cl.Cl.